The van der Waals surface area contributed by atoms with E-state index in [0.717, 1.165) is 4.88 Å². The Bertz CT molecular complexity index is 611. The molecule has 0 aliphatic carbocycles. The molecule has 1 aliphatic rings. The molecular weight excluding hydrogens is 315 g/mol. The predicted octanol–water partition coefficient (Wildman–Crippen LogP) is 4.13. The topological polar surface area (TPSA) is 42.2 Å². The Labute approximate surface area is 130 Å². The van der Waals surface area contributed by atoms with Crippen molar-refractivity contribution in [3.05, 3.63) is 23.4 Å². The quantitative estimate of drug-likeness (QED) is 0.848. The molecule has 1 aliphatic heterocycles. The zero-order valence-electron chi connectivity index (χ0n) is 12.0. The summed E-state index contributed by atoms with van der Waals surface area (Å²) in [6.07, 6.45) is -3.42. The highest BCUT2D eigenvalue weighted by molar-refractivity contribution is 7.13. The van der Waals surface area contributed by atoms with Crippen molar-refractivity contribution < 1.29 is 17.6 Å². The van der Waals surface area contributed by atoms with Crippen LogP contribution in [0.5, 0.6) is 0 Å². The van der Waals surface area contributed by atoms with Gasteiger partial charge in [0.15, 0.2) is 0 Å². The van der Waals surface area contributed by atoms with Gasteiger partial charge in [-0.25, -0.2) is 0 Å². The molecule has 0 N–H and O–H groups in total. The van der Waals surface area contributed by atoms with Crippen LogP contribution in [0.15, 0.2) is 21.9 Å². The second-order valence-electron chi connectivity index (χ2n) is 5.47. The fraction of sp³-hybridized carbons (Fsp3) is 0.571. The second kappa shape index (κ2) is 6.00. The molecule has 1 fully saturated rings. The first-order valence-electron chi connectivity index (χ1n) is 7.13. The van der Waals surface area contributed by atoms with Crippen LogP contribution in [0.4, 0.5) is 13.2 Å². The minimum absolute atomic E-state index is 0.0125. The van der Waals surface area contributed by atoms with Crippen molar-refractivity contribution in [3.8, 4) is 10.8 Å². The van der Waals surface area contributed by atoms with Crippen molar-refractivity contribution in [2.24, 2.45) is 5.92 Å². The second-order valence-corrected chi connectivity index (χ2v) is 6.42. The van der Waals surface area contributed by atoms with Gasteiger partial charge < -0.3 is 4.42 Å². The molecular formula is C14H16F3N3OS. The molecule has 3 rings (SSSR count). The number of hydrogen-bond acceptors (Lipinski definition) is 5. The van der Waals surface area contributed by atoms with Crippen LogP contribution in [0.25, 0.3) is 10.8 Å². The average molecular weight is 331 g/mol. The van der Waals surface area contributed by atoms with Gasteiger partial charge in [0.05, 0.1) is 16.8 Å². The van der Waals surface area contributed by atoms with E-state index < -0.39 is 12.1 Å². The molecule has 8 heteroatoms. The molecule has 0 radical (unpaired) electrons. The monoisotopic (exact) mass is 331 g/mol. The van der Waals surface area contributed by atoms with E-state index in [1.165, 1.54) is 11.3 Å². The van der Waals surface area contributed by atoms with Crippen LogP contribution in [0.1, 0.15) is 31.7 Å². The van der Waals surface area contributed by atoms with Gasteiger partial charge in [-0.15, -0.1) is 21.5 Å². The molecule has 0 amide bonds. The Kier molecular flexibility index (Phi) is 4.22. The summed E-state index contributed by atoms with van der Waals surface area (Å²) in [5.41, 5.74) is 0. The molecule has 0 saturated carbocycles. The normalized spacial score (nSPS) is 21.9. The molecule has 22 heavy (non-hydrogen) atoms. The highest BCUT2D eigenvalue weighted by Gasteiger charge is 2.43. The molecule has 0 aromatic carbocycles. The summed E-state index contributed by atoms with van der Waals surface area (Å²) in [4.78, 5) is 2.63. The first kappa shape index (κ1) is 15.5. The highest BCUT2D eigenvalue weighted by Crippen LogP contribution is 2.36. The third-order valence-corrected chi connectivity index (χ3v) is 4.85. The summed E-state index contributed by atoms with van der Waals surface area (Å²) in [5.74, 6) is -0.490. The van der Waals surface area contributed by atoms with Crippen LogP contribution in [0.2, 0.25) is 0 Å². The SMILES string of the molecule is CC(c1nnc(-c2cccs2)o1)N1CCCC(C(F)(F)F)C1. The predicted molar refractivity (Wildman–Crippen MR) is 76.4 cm³/mol. The summed E-state index contributed by atoms with van der Waals surface area (Å²) in [6, 6.07) is 3.44. The molecule has 0 bridgehead atoms. The molecule has 3 heterocycles. The first-order chi connectivity index (χ1) is 10.4. The summed E-state index contributed by atoms with van der Waals surface area (Å²) < 4.78 is 44.3. The van der Waals surface area contributed by atoms with E-state index in [4.69, 9.17) is 4.42 Å². The molecule has 4 nitrogen and oxygen atoms in total. The van der Waals surface area contributed by atoms with Crippen LogP contribution in [-0.2, 0) is 0 Å². The minimum atomic E-state index is -4.14. The lowest BCUT2D eigenvalue weighted by Gasteiger charge is -2.36. The minimum Gasteiger partial charge on any atom is -0.418 e. The highest BCUT2D eigenvalue weighted by atomic mass is 32.1. The van der Waals surface area contributed by atoms with Crippen molar-refractivity contribution in [1.82, 2.24) is 15.1 Å². The summed E-state index contributed by atoms with van der Waals surface area (Å²) in [6.45, 7) is 2.41. The van der Waals surface area contributed by atoms with Crippen molar-refractivity contribution in [2.75, 3.05) is 13.1 Å². The zero-order chi connectivity index (χ0) is 15.7. The molecule has 0 spiro atoms. The van der Waals surface area contributed by atoms with Crippen molar-refractivity contribution >= 4 is 11.3 Å². The smallest absolute Gasteiger partial charge is 0.393 e. The molecule has 120 valence electrons. The van der Waals surface area contributed by atoms with E-state index in [-0.39, 0.29) is 19.0 Å². The van der Waals surface area contributed by atoms with Crippen LogP contribution >= 0.6 is 11.3 Å². The maximum atomic E-state index is 12.9. The Hall–Kier alpha value is -1.41. The van der Waals surface area contributed by atoms with Crippen LogP contribution in [0, 0.1) is 5.92 Å². The van der Waals surface area contributed by atoms with Crippen molar-refractivity contribution in [2.45, 2.75) is 32.0 Å². The van der Waals surface area contributed by atoms with E-state index in [1.807, 2.05) is 24.4 Å². The summed E-state index contributed by atoms with van der Waals surface area (Å²) in [5, 5.41) is 9.89. The van der Waals surface area contributed by atoms with E-state index in [1.54, 1.807) is 4.90 Å². The Morgan fingerprint density at radius 3 is 2.91 bits per heavy atom. The number of hydrogen-bond donors (Lipinski definition) is 0. The Balaban J connectivity index is 1.72. The molecule has 2 aromatic rings. The van der Waals surface area contributed by atoms with E-state index in [2.05, 4.69) is 10.2 Å². The fourth-order valence-electron chi connectivity index (χ4n) is 2.68. The van der Waals surface area contributed by atoms with Gasteiger partial charge >= 0.3 is 6.18 Å². The van der Waals surface area contributed by atoms with E-state index >= 15 is 0 Å². The number of piperidine rings is 1. The Morgan fingerprint density at radius 2 is 2.23 bits per heavy atom. The fourth-order valence-corrected chi connectivity index (χ4v) is 3.33. The van der Waals surface area contributed by atoms with Crippen LogP contribution in [0.3, 0.4) is 0 Å². The van der Waals surface area contributed by atoms with Gasteiger partial charge in [0.2, 0.25) is 5.89 Å². The number of thiophene rings is 1. The van der Waals surface area contributed by atoms with Crippen LogP contribution in [-0.4, -0.2) is 34.4 Å². The lowest BCUT2D eigenvalue weighted by molar-refractivity contribution is -0.188. The number of likely N-dealkylation sites (tertiary alicyclic amines) is 1. The number of alkyl halides is 3. The van der Waals surface area contributed by atoms with Gasteiger partial charge in [-0.05, 0) is 37.8 Å². The number of nitrogens with zero attached hydrogens (tertiary/aromatic N) is 3. The number of aromatic nitrogens is 2. The zero-order valence-corrected chi connectivity index (χ0v) is 12.8. The van der Waals surface area contributed by atoms with Crippen LogP contribution < -0.4 is 0 Å². The molecule has 1 saturated heterocycles. The average Bonchev–Trinajstić information content (AvgIpc) is 3.16. The number of rotatable bonds is 3. The van der Waals surface area contributed by atoms with Crippen molar-refractivity contribution in [1.29, 1.82) is 0 Å². The number of halogens is 3. The van der Waals surface area contributed by atoms with Gasteiger partial charge in [-0.3, -0.25) is 4.90 Å². The molecule has 2 unspecified atom stereocenters. The van der Waals surface area contributed by atoms with Gasteiger partial charge in [0.25, 0.3) is 5.89 Å². The standard InChI is InChI=1S/C14H16F3N3OS/c1-9(20-6-2-4-10(8-20)14(15,16)17)12-18-19-13(21-12)11-5-3-7-22-11/h3,5,7,9-10H,2,4,6,8H2,1H3. The van der Waals surface area contributed by atoms with Gasteiger partial charge in [-0.2, -0.15) is 13.2 Å². The van der Waals surface area contributed by atoms with E-state index in [9.17, 15) is 13.2 Å². The summed E-state index contributed by atoms with van der Waals surface area (Å²) in [7, 11) is 0. The van der Waals surface area contributed by atoms with Gasteiger partial charge in [0, 0.05) is 6.54 Å². The van der Waals surface area contributed by atoms with E-state index in [0.29, 0.717) is 24.7 Å². The first-order valence-corrected chi connectivity index (χ1v) is 8.01. The maximum Gasteiger partial charge on any atom is 0.393 e. The largest absolute Gasteiger partial charge is 0.418 e. The lowest BCUT2D eigenvalue weighted by atomic mass is 9.96. The summed E-state index contributed by atoms with van der Waals surface area (Å²) >= 11 is 1.48. The van der Waals surface area contributed by atoms with Crippen molar-refractivity contribution in [3.63, 3.8) is 0 Å². The third kappa shape index (κ3) is 3.17. The Morgan fingerprint density at radius 1 is 1.41 bits per heavy atom. The molecule has 2 aromatic heterocycles. The molecule has 2 atom stereocenters. The van der Waals surface area contributed by atoms with Gasteiger partial charge in [-0.1, -0.05) is 6.07 Å². The lowest BCUT2D eigenvalue weighted by Crippen LogP contribution is -2.42. The third-order valence-electron chi connectivity index (χ3n) is 3.99. The van der Waals surface area contributed by atoms with Gasteiger partial charge in [0.1, 0.15) is 0 Å². The maximum absolute atomic E-state index is 12.9.